The van der Waals surface area contributed by atoms with Crippen LogP contribution >= 0.6 is 23.4 Å². The van der Waals surface area contributed by atoms with E-state index in [4.69, 9.17) is 11.6 Å². The van der Waals surface area contributed by atoms with Crippen molar-refractivity contribution in [3.63, 3.8) is 0 Å². The molecule has 0 aromatic heterocycles. The molecule has 0 saturated carbocycles. The first-order valence-corrected chi connectivity index (χ1v) is 7.66. The van der Waals surface area contributed by atoms with Crippen molar-refractivity contribution < 1.29 is 4.39 Å². The second-order valence-corrected chi connectivity index (χ2v) is 5.91. The maximum atomic E-state index is 13.8. The topological polar surface area (TPSA) is 12.0 Å². The summed E-state index contributed by atoms with van der Waals surface area (Å²) in [4.78, 5) is 1.23. The predicted molar refractivity (Wildman–Crippen MR) is 79.7 cm³/mol. The zero-order valence-electron chi connectivity index (χ0n) is 10.4. The summed E-state index contributed by atoms with van der Waals surface area (Å²) in [5.41, 5.74) is 2.71. The van der Waals surface area contributed by atoms with E-state index in [2.05, 4.69) is 35.8 Å². The number of benzene rings is 2. The van der Waals surface area contributed by atoms with Gasteiger partial charge in [-0.05, 0) is 48.1 Å². The van der Waals surface area contributed by atoms with Crippen molar-refractivity contribution in [3.05, 3.63) is 58.4 Å². The number of fused-ring (bicyclic) bond motifs is 1. The monoisotopic (exact) mass is 293 g/mol. The molecular formula is C15H13ClFNS. The molecule has 1 unspecified atom stereocenters. The lowest BCUT2D eigenvalue weighted by Gasteiger charge is -2.12. The molecule has 0 amide bonds. The lowest BCUT2D eigenvalue weighted by Crippen LogP contribution is -2.05. The fourth-order valence-electron chi connectivity index (χ4n) is 2.43. The number of thioether (sulfide) groups is 1. The molecule has 19 heavy (non-hydrogen) atoms. The Hall–Kier alpha value is -1.19. The summed E-state index contributed by atoms with van der Waals surface area (Å²) in [6.07, 6.45) is 2.82. The molecule has 0 fully saturated rings. The molecule has 0 bridgehead atoms. The van der Waals surface area contributed by atoms with Crippen LogP contribution in [0.15, 0.2) is 41.3 Å². The normalized spacial score (nSPS) is 17.1. The van der Waals surface area contributed by atoms with E-state index in [1.165, 1.54) is 16.5 Å². The molecule has 3 rings (SSSR count). The van der Waals surface area contributed by atoms with Crippen molar-refractivity contribution in [3.8, 4) is 0 Å². The molecular weight excluding hydrogens is 281 g/mol. The van der Waals surface area contributed by atoms with E-state index in [-0.39, 0.29) is 11.9 Å². The highest BCUT2D eigenvalue weighted by molar-refractivity contribution is 7.98. The van der Waals surface area contributed by atoms with Crippen molar-refractivity contribution in [1.29, 1.82) is 0 Å². The number of rotatable bonds is 2. The highest BCUT2D eigenvalue weighted by atomic mass is 35.5. The number of hydrogen-bond acceptors (Lipinski definition) is 2. The fraction of sp³-hybridized carbons (Fsp3) is 0.200. The third-order valence-corrected chi connectivity index (χ3v) is 4.36. The highest BCUT2D eigenvalue weighted by Crippen LogP contribution is 2.37. The van der Waals surface area contributed by atoms with Crippen LogP contribution in [0.2, 0.25) is 5.02 Å². The Kier molecular flexibility index (Phi) is 3.42. The van der Waals surface area contributed by atoms with Gasteiger partial charge in [0.15, 0.2) is 0 Å². The summed E-state index contributed by atoms with van der Waals surface area (Å²) >= 11 is 7.61. The zero-order valence-corrected chi connectivity index (χ0v) is 12.0. The molecule has 2 aromatic rings. The van der Waals surface area contributed by atoms with E-state index in [9.17, 15) is 4.39 Å². The van der Waals surface area contributed by atoms with Crippen molar-refractivity contribution in [2.45, 2.75) is 17.4 Å². The third-order valence-electron chi connectivity index (χ3n) is 3.40. The van der Waals surface area contributed by atoms with Crippen LogP contribution in [0.3, 0.4) is 0 Å². The van der Waals surface area contributed by atoms with Crippen LogP contribution in [-0.4, -0.2) is 6.26 Å². The summed E-state index contributed by atoms with van der Waals surface area (Å²) in [5.74, 6) is -0.272. The number of hydrogen-bond donors (Lipinski definition) is 1. The number of anilines is 1. The lowest BCUT2D eigenvalue weighted by molar-refractivity contribution is 0.631. The highest BCUT2D eigenvalue weighted by Gasteiger charge is 2.25. The first kappa shape index (κ1) is 12.8. The number of nitrogens with one attached hydrogen (secondary N) is 1. The largest absolute Gasteiger partial charge is 0.375 e. The van der Waals surface area contributed by atoms with E-state index in [1.54, 1.807) is 11.8 Å². The zero-order chi connectivity index (χ0) is 13.4. The molecule has 0 saturated heterocycles. The average molecular weight is 294 g/mol. The van der Waals surface area contributed by atoms with Gasteiger partial charge < -0.3 is 5.32 Å². The molecule has 1 nitrogen and oxygen atoms in total. The van der Waals surface area contributed by atoms with Gasteiger partial charge in [0.05, 0.1) is 11.7 Å². The van der Waals surface area contributed by atoms with Gasteiger partial charge in [-0.3, -0.25) is 0 Å². The lowest BCUT2D eigenvalue weighted by atomic mass is 10.0. The molecule has 98 valence electrons. The van der Waals surface area contributed by atoms with Crippen LogP contribution in [0, 0.1) is 5.82 Å². The van der Waals surface area contributed by atoms with Crippen LogP contribution < -0.4 is 5.32 Å². The molecule has 0 spiro atoms. The molecule has 4 heteroatoms. The van der Waals surface area contributed by atoms with Gasteiger partial charge in [0.25, 0.3) is 0 Å². The van der Waals surface area contributed by atoms with Crippen LogP contribution in [-0.2, 0) is 6.42 Å². The summed E-state index contributed by atoms with van der Waals surface area (Å²) in [6.45, 7) is 0. The molecule has 0 radical (unpaired) electrons. The van der Waals surface area contributed by atoms with E-state index < -0.39 is 0 Å². The summed E-state index contributed by atoms with van der Waals surface area (Å²) < 4.78 is 13.8. The Labute approximate surface area is 121 Å². The van der Waals surface area contributed by atoms with Gasteiger partial charge in [0, 0.05) is 9.92 Å². The van der Waals surface area contributed by atoms with Gasteiger partial charge in [0.1, 0.15) is 5.82 Å². The SMILES string of the molecule is CSc1ccc(C2Cc3cc(Cl)cc(F)c3N2)cc1. The smallest absolute Gasteiger partial charge is 0.148 e. The van der Waals surface area contributed by atoms with Crippen LogP contribution in [0.1, 0.15) is 17.2 Å². The second-order valence-electron chi connectivity index (χ2n) is 4.60. The quantitative estimate of drug-likeness (QED) is 0.790. The molecule has 1 aliphatic rings. The van der Waals surface area contributed by atoms with Crippen LogP contribution in [0.25, 0.3) is 0 Å². The summed E-state index contributed by atoms with van der Waals surface area (Å²) in [7, 11) is 0. The Bertz CT molecular complexity index is 612. The van der Waals surface area contributed by atoms with Crippen molar-refractivity contribution in [1.82, 2.24) is 0 Å². The second kappa shape index (κ2) is 5.06. The molecule has 1 N–H and O–H groups in total. The Morgan fingerprint density at radius 3 is 2.68 bits per heavy atom. The van der Waals surface area contributed by atoms with Gasteiger partial charge in [-0.2, -0.15) is 0 Å². The van der Waals surface area contributed by atoms with Gasteiger partial charge in [-0.1, -0.05) is 23.7 Å². The van der Waals surface area contributed by atoms with Gasteiger partial charge in [0.2, 0.25) is 0 Å². The first-order valence-electron chi connectivity index (χ1n) is 6.06. The van der Waals surface area contributed by atoms with Crippen LogP contribution in [0.5, 0.6) is 0 Å². The van der Waals surface area contributed by atoms with E-state index in [0.29, 0.717) is 10.7 Å². The molecule has 1 heterocycles. The minimum absolute atomic E-state index is 0.124. The van der Waals surface area contributed by atoms with E-state index in [0.717, 1.165) is 12.0 Å². The molecule has 0 aliphatic carbocycles. The van der Waals surface area contributed by atoms with Gasteiger partial charge >= 0.3 is 0 Å². The standard InChI is InChI=1S/C15H13ClFNS/c1-19-12-4-2-9(3-5-12)14-7-10-6-11(16)8-13(17)15(10)18-14/h2-6,8,14,18H,7H2,1H3. The van der Waals surface area contributed by atoms with E-state index >= 15 is 0 Å². The third kappa shape index (κ3) is 2.45. The minimum atomic E-state index is -0.272. The average Bonchev–Trinajstić information content (AvgIpc) is 2.83. The first-order chi connectivity index (χ1) is 9.17. The van der Waals surface area contributed by atoms with Crippen molar-refractivity contribution in [2.24, 2.45) is 0 Å². The Balaban J connectivity index is 1.88. The minimum Gasteiger partial charge on any atom is -0.375 e. The molecule has 1 atom stereocenters. The van der Waals surface area contributed by atoms with E-state index in [1.807, 2.05) is 6.07 Å². The summed E-state index contributed by atoms with van der Waals surface area (Å²) in [5, 5.41) is 3.70. The van der Waals surface area contributed by atoms with Gasteiger partial charge in [-0.15, -0.1) is 11.8 Å². The van der Waals surface area contributed by atoms with Crippen molar-refractivity contribution >= 4 is 29.1 Å². The maximum absolute atomic E-state index is 13.8. The Morgan fingerprint density at radius 1 is 1.26 bits per heavy atom. The van der Waals surface area contributed by atoms with Gasteiger partial charge in [-0.25, -0.2) is 4.39 Å². The van der Waals surface area contributed by atoms with Crippen molar-refractivity contribution in [2.75, 3.05) is 11.6 Å². The number of halogens is 2. The maximum Gasteiger partial charge on any atom is 0.148 e. The summed E-state index contributed by atoms with van der Waals surface area (Å²) in [6, 6.07) is 11.7. The molecule has 2 aromatic carbocycles. The fourth-order valence-corrected chi connectivity index (χ4v) is 3.07. The molecule has 1 aliphatic heterocycles. The predicted octanol–water partition coefficient (Wildman–Crippen LogP) is 4.91. The Morgan fingerprint density at radius 2 is 2.00 bits per heavy atom. The van der Waals surface area contributed by atoms with Crippen LogP contribution in [0.4, 0.5) is 10.1 Å².